The number of amides is 2. The third-order valence-electron chi connectivity index (χ3n) is 4.25. The Kier molecular flexibility index (Phi) is 3.09. The van der Waals surface area contributed by atoms with E-state index in [2.05, 4.69) is 5.32 Å². The van der Waals surface area contributed by atoms with Crippen molar-refractivity contribution in [2.45, 2.75) is 26.2 Å². The van der Waals surface area contributed by atoms with Crippen molar-refractivity contribution < 1.29 is 9.59 Å². The molecule has 2 saturated heterocycles. The third kappa shape index (κ3) is 2.39. The van der Waals surface area contributed by atoms with Crippen molar-refractivity contribution in [3.8, 4) is 0 Å². The predicted octanol–water partition coefficient (Wildman–Crippen LogP) is 1.80. The highest BCUT2D eigenvalue weighted by atomic mass is 32.1. The molecule has 1 N–H and O–H groups in total. The van der Waals surface area contributed by atoms with Gasteiger partial charge in [-0.2, -0.15) is 0 Å². The van der Waals surface area contributed by atoms with Gasteiger partial charge in [0, 0.05) is 26.1 Å². The van der Waals surface area contributed by atoms with Gasteiger partial charge in [0.05, 0.1) is 4.88 Å². The fourth-order valence-electron chi connectivity index (χ4n) is 2.99. The smallest absolute Gasteiger partial charge is 0.263 e. The first-order chi connectivity index (χ1) is 9.08. The summed E-state index contributed by atoms with van der Waals surface area (Å²) >= 11 is 1.52. The average Bonchev–Trinajstić information content (AvgIpc) is 2.97. The zero-order valence-corrected chi connectivity index (χ0v) is 11.9. The van der Waals surface area contributed by atoms with Crippen molar-refractivity contribution in [3.63, 3.8) is 0 Å². The van der Waals surface area contributed by atoms with Crippen molar-refractivity contribution in [1.82, 2.24) is 10.2 Å². The summed E-state index contributed by atoms with van der Waals surface area (Å²) in [5, 5.41) is 4.93. The molecule has 0 radical (unpaired) electrons. The Morgan fingerprint density at radius 1 is 1.42 bits per heavy atom. The predicted molar refractivity (Wildman–Crippen MR) is 74.3 cm³/mol. The van der Waals surface area contributed by atoms with E-state index >= 15 is 0 Å². The molecule has 1 aromatic heterocycles. The lowest BCUT2D eigenvalue weighted by Gasteiger charge is -2.38. The van der Waals surface area contributed by atoms with Crippen LogP contribution in [0, 0.1) is 12.3 Å². The lowest BCUT2D eigenvalue weighted by atomic mass is 9.77. The summed E-state index contributed by atoms with van der Waals surface area (Å²) in [6.45, 7) is 4.33. The SMILES string of the molecule is Cc1csc(C(=O)N2CCC3(CC2)CNC(=O)C3)c1. The number of hydrogen-bond acceptors (Lipinski definition) is 3. The summed E-state index contributed by atoms with van der Waals surface area (Å²) in [7, 11) is 0. The van der Waals surface area contributed by atoms with Crippen LogP contribution in [0.2, 0.25) is 0 Å². The van der Waals surface area contributed by atoms with E-state index in [0.29, 0.717) is 6.42 Å². The summed E-state index contributed by atoms with van der Waals surface area (Å²) in [6, 6.07) is 1.96. The van der Waals surface area contributed by atoms with Crippen LogP contribution in [0.25, 0.3) is 0 Å². The zero-order valence-electron chi connectivity index (χ0n) is 11.1. The maximum Gasteiger partial charge on any atom is 0.263 e. The number of thiophene rings is 1. The molecule has 102 valence electrons. The van der Waals surface area contributed by atoms with E-state index < -0.39 is 0 Å². The fraction of sp³-hybridized carbons (Fsp3) is 0.571. The first-order valence-corrected chi connectivity index (χ1v) is 7.57. The van der Waals surface area contributed by atoms with Gasteiger partial charge in [0.15, 0.2) is 0 Å². The van der Waals surface area contributed by atoms with E-state index in [-0.39, 0.29) is 17.2 Å². The molecule has 1 aromatic rings. The van der Waals surface area contributed by atoms with E-state index in [1.165, 1.54) is 11.3 Å². The molecule has 0 aliphatic carbocycles. The zero-order chi connectivity index (χ0) is 13.5. The van der Waals surface area contributed by atoms with Gasteiger partial charge < -0.3 is 10.2 Å². The number of rotatable bonds is 1. The van der Waals surface area contributed by atoms with Crippen molar-refractivity contribution in [3.05, 3.63) is 21.9 Å². The van der Waals surface area contributed by atoms with Crippen molar-refractivity contribution >= 4 is 23.2 Å². The second-order valence-electron chi connectivity index (χ2n) is 5.73. The monoisotopic (exact) mass is 278 g/mol. The maximum absolute atomic E-state index is 12.3. The van der Waals surface area contributed by atoms with E-state index in [9.17, 15) is 9.59 Å². The summed E-state index contributed by atoms with van der Waals surface area (Å²) in [5.74, 6) is 0.305. The molecular weight excluding hydrogens is 260 g/mol. The van der Waals surface area contributed by atoms with Crippen LogP contribution in [0.15, 0.2) is 11.4 Å². The lowest BCUT2D eigenvalue weighted by molar-refractivity contribution is -0.119. The molecule has 0 bridgehead atoms. The van der Waals surface area contributed by atoms with Crippen molar-refractivity contribution in [2.75, 3.05) is 19.6 Å². The summed E-state index contributed by atoms with van der Waals surface area (Å²) in [4.78, 5) is 26.5. The molecule has 0 unspecified atom stereocenters. The first-order valence-electron chi connectivity index (χ1n) is 6.69. The van der Waals surface area contributed by atoms with Gasteiger partial charge in [0.1, 0.15) is 0 Å². The number of nitrogens with one attached hydrogen (secondary N) is 1. The van der Waals surface area contributed by atoms with Gasteiger partial charge in [0.2, 0.25) is 5.91 Å². The van der Waals surface area contributed by atoms with Crippen LogP contribution >= 0.6 is 11.3 Å². The Bertz CT molecular complexity index is 515. The molecular formula is C14H18N2O2S. The number of aryl methyl sites for hydroxylation is 1. The topological polar surface area (TPSA) is 49.4 Å². The number of carbonyl (C=O) groups excluding carboxylic acids is 2. The molecule has 1 spiro atoms. The number of hydrogen-bond donors (Lipinski definition) is 1. The number of nitrogens with zero attached hydrogens (tertiary/aromatic N) is 1. The Morgan fingerprint density at radius 2 is 2.16 bits per heavy atom. The number of likely N-dealkylation sites (tertiary alicyclic amines) is 1. The molecule has 3 rings (SSSR count). The molecule has 4 nitrogen and oxygen atoms in total. The molecule has 5 heteroatoms. The molecule has 0 aromatic carbocycles. The second kappa shape index (κ2) is 4.63. The van der Waals surface area contributed by atoms with E-state index in [1.54, 1.807) is 0 Å². The van der Waals surface area contributed by atoms with Gasteiger partial charge >= 0.3 is 0 Å². The standard InChI is InChI=1S/C14H18N2O2S/c1-10-6-11(19-8-10)13(18)16-4-2-14(3-5-16)7-12(17)15-9-14/h6,8H,2-5,7,9H2,1H3,(H,15,17). The van der Waals surface area contributed by atoms with Crippen LogP contribution in [0.4, 0.5) is 0 Å². The van der Waals surface area contributed by atoms with Crippen LogP contribution in [-0.4, -0.2) is 36.3 Å². The number of carbonyl (C=O) groups is 2. The Hall–Kier alpha value is -1.36. The van der Waals surface area contributed by atoms with E-state index in [4.69, 9.17) is 0 Å². The van der Waals surface area contributed by atoms with Crippen LogP contribution in [-0.2, 0) is 4.79 Å². The highest BCUT2D eigenvalue weighted by molar-refractivity contribution is 7.12. The van der Waals surface area contributed by atoms with Gasteiger partial charge in [-0.05, 0) is 42.2 Å². The van der Waals surface area contributed by atoms with E-state index in [1.807, 2.05) is 23.3 Å². The molecule has 0 saturated carbocycles. The van der Waals surface area contributed by atoms with Gasteiger partial charge in [-0.1, -0.05) is 0 Å². The summed E-state index contributed by atoms with van der Waals surface area (Å²) < 4.78 is 0. The third-order valence-corrected chi connectivity index (χ3v) is 5.28. The molecule has 3 heterocycles. The second-order valence-corrected chi connectivity index (χ2v) is 6.65. The number of piperidine rings is 1. The normalized spacial score (nSPS) is 21.7. The minimum Gasteiger partial charge on any atom is -0.356 e. The Morgan fingerprint density at radius 3 is 2.68 bits per heavy atom. The van der Waals surface area contributed by atoms with Gasteiger partial charge in [0.25, 0.3) is 5.91 Å². The molecule has 2 fully saturated rings. The van der Waals surface area contributed by atoms with Crippen molar-refractivity contribution in [2.24, 2.45) is 5.41 Å². The van der Waals surface area contributed by atoms with Crippen LogP contribution < -0.4 is 5.32 Å². The quantitative estimate of drug-likeness (QED) is 0.851. The molecule has 0 atom stereocenters. The molecule has 2 aliphatic heterocycles. The van der Waals surface area contributed by atoms with Gasteiger partial charge in [-0.15, -0.1) is 11.3 Å². The van der Waals surface area contributed by atoms with Gasteiger partial charge in [-0.25, -0.2) is 0 Å². The Balaban J connectivity index is 1.64. The largest absolute Gasteiger partial charge is 0.356 e. The van der Waals surface area contributed by atoms with Crippen molar-refractivity contribution in [1.29, 1.82) is 0 Å². The van der Waals surface area contributed by atoms with Crippen LogP contribution in [0.1, 0.15) is 34.5 Å². The highest BCUT2D eigenvalue weighted by Crippen LogP contribution is 2.37. The molecule has 2 amide bonds. The lowest BCUT2D eigenvalue weighted by Crippen LogP contribution is -2.43. The molecule has 2 aliphatic rings. The fourth-order valence-corrected chi connectivity index (χ4v) is 3.85. The maximum atomic E-state index is 12.3. The first kappa shape index (κ1) is 12.7. The molecule has 19 heavy (non-hydrogen) atoms. The average molecular weight is 278 g/mol. The highest BCUT2D eigenvalue weighted by Gasteiger charge is 2.41. The minimum atomic E-state index is 0.110. The van der Waals surface area contributed by atoms with Gasteiger partial charge in [-0.3, -0.25) is 9.59 Å². The summed E-state index contributed by atoms with van der Waals surface area (Å²) in [5.41, 5.74) is 1.26. The van der Waals surface area contributed by atoms with Crippen LogP contribution in [0.3, 0.4) is 0 Å². The minimum absolute atomic E-state index is 0.110. The Labute approximate surface area is 116 Å². The van der Waals surface area contributed by atoms with Crippen LogP contribution in [0.5, 0.6) is 0 Å². The summed E-state index contributed by atoms with van der Waals surface area (Å²) in [6.07, 6.45) is 2.50. The van der Waals surface area contributed by atoms with E-state index in [0.717, 1.165) is 42.9 Å².